The summed E-state index contributed by atoms with van der Waals surface area (Å²) in [5, 5.41) is 10.5. The third kappa shape index (κ3) is 2.19. The van der Waals surface area contributed by atoms with Gasteiger partial charge in [-0.25, -0.2) is 0 Å². The Bertz CT molecular complexity index is 436. The summed E-state index contributed by atoms with van der Waals surface area (Å²) in [6.07, 6.45) is 2.42. The SMILES string of the molecule is CCn1cc(Cl)cc1C(=O)N1CC(O)(CC)C1. The Hall–Kier alpha value is -1.00. The highest BCUT2D eigenvalue weighted by molar-refractivity contribution is 6.31. The van der Waals surface area contributed by atoms with E-state index in [1.165, 1.54) is 0 Å². The molecule has 0 unspecified atom stereocenters. The molecule has 5 heteroatoms. The van der Waals surface area contributed by atoms with Crippen LogP contribution in [0.4, 0.5) is 0 Å². The van der Waals surface area contributed by atoms with Crippen LogP contribution in [0.15, 0.2) is 12.3 Å². The van der Waals surface area contributed by atoms with E-state index in [-0.39, 0.29) is 5.91 Å². The molecule has 0 atom stereocenters. The van der Waals surface area contributed by atoms with E-state index in [1.54, 1.807) is 17.2 Å². The van der Waals surface area contributed by atoms with Crippen LogP contribution in [0, 0.1) is 0 Å². The number of amides is 1. The van der Waals surface area contributed by atoms with Gasteiger partial charge in [-0.3, -0.25) is 4.79 Å². The van der Waals surface area contributed by atoms with E-state index in [9.17, 15) is 9.90 Å². The number of nitrogens with zero attached hydrogens (tertiary/aromatic N) is 2. The molecule has 4 nitrogen and oxygen atoms in total. The van der Waals surface area contributed by atoms with Gasteiger partial charge in [-0.2, -0.15) is 0 Å². The van der Waals surface area contributed by atoms with Gasteiger partial charge in [0.05, 0.1) is 23.7 Å². The number of carbonyl (C=O) groups is 1. The molecule has 1 fully saturated rings. The summed E-state index contributed by atoms with van der Waals surface area (Å²) in [5.74, 6) is -0.0584. The molecule has 1 aromatic heterocycles. The van der Waals surface area contributed by atoms with Gasteiger partial charge in [0, 0.05) is 12.7 Å². The normalized spacial score (nSPS) is 18.0. The van der Waals surface area contributed by atoms with Gasteiger partial charge in [-0.15, -0.1) is 0 Å². The highest BCUT2D eigenvalue weighted by atomic mass is 35.5. The second-order valence-electron chi connectivity index (χ2n) is 4.57. The van der Waals surface area contributed by atoms with Crippen molar-refractivity contribution in [1.82, 2.24) is 9.47 Å². The first-order chi connectivity index (χ1) is 7.99. The van der Waals surface area contributed by atoms with Crippen LogP contribution in [-0.2, 0) is 6.54 Å². The lowest BCUT2D eigenvalue weighted by Crippen LogP contribution is -2.63. The third-order valence-corrected chi connectivity index (χ3v) is 3.55. The highest BCUT2D eigenvalue weighted by Crippen LogP contribution is 2.26. The van der Waals surface area contributed by atoms with Crippen LogP contribution in [0.1, 0.15) is 30.8 Å². The fourth-order valence-electron chi connectivity index (χ4n) is 2.11. The number of hydrogen-bond donors (Lipinski definition) is 1. The number of aryl methyl sites for hydroxylation is 1. The smallest absolute Gasteiger partial charge is 0.270 e. The minimum atomic E-state index is -0.691. The van der Waals surface area contributed by atoms with Crippen molar-refractivity contribution in [2.24, 2.45) is 0 Å². The Morgan fingerprint density at radius 1 is 1.53 bits per heavy atom. The van der Waals surface area contributed by atoms with Crippen LogP contribution in [0.5, 0.6) is 0 Å². The largest absolute Gasteiger partial charge is 0.386 e. The fraction of sp³-hybridized carbons (Fsp3) is 0.583. The molecular weight excluding hydrogens is 240 g/mol. The summed E-state index contributed by atoms with van der Waals surface area (Å²) in [4.78, 5) is 13.8. The average molecular weight is 257 g/mol. The molecule has 0 radical (unpaired) electrons. The number of β-amino-alcohol motifs (C(OH)–C–C–N with tert-alkyl or cyclic N) is 1. The number of halogens is 1. The van der Waals surface area contributed by atoms with Crippen molar-refractivity contribution in [1.29, 1.82) is 0 Å². The number of likely N-dealkylation sites (tertiary alicyclic amines) is 1. The lowest BCUT2D eigenvalue weighted by molar-refractivity contribution is -0.0829. The zero-order valence-corrected chi connectivity index (χ0v) is 10.9. The zero-order chi connectivity index (χ0) is 12.6. The predicted molar refractivity (Wildman–Crippen MR) is 66.3 cm³/mol. The molecule has 94 valence electrons. The van der Waals surface area contributed by atoms with E-state index >= 15 is 0 Å². The number of rotatable bonds is 3. The molecule has 17 heavy (non-hydrogen) atoms. The number of hydrogen-bond acceptors (Lipinski definition) is 2. The number of aliphatic hydroxyl groups is 1. The molecule has 1 amide bonds. The van der Waals surface area contributed by atoms with E-state index in [0.717, 1.165) is 0 Å². The van der Waals surface area contributed by atoms with Crippen molar-refractivity contribution in [2.45, 2.75) is 32.4 Å². The average Bonchev–Trinajstić information content (AvgIpc) is 2.65. The van der Waals surface area contributed by atoms with Gasteiger partial charge in [0.25, 0.3) is 5.91 Å². The lowest BCUT2D eigenvalue weighted by atomic mass is 9.91. The molecule has 0 aliphatic carbocycles. The molecular formula is C12H17ClN2O2. The van der Waals surface area contributed by atoms with Crippen LogP contribution >= 0.6 is 11.6 Å². The van der Waals surface area contributed by atoms with E-state index in [1.807, 2.05) is 18.4 Å². The second kappa shape index (κ2) is 4.35. The van der Waals surface area contributed by atoms with E-state index in [2.05, 4.69) is 0 Å². The molecule has 1 N–H and O–H groups in total. The Morgan fingerprint density at radius 3 is 2.71 bits per heavy atom. The van der Waals surface area contributed by atoms with Crippen molar-refractivity contribution in [3.05, 3.63) is 23.0 Å². The molecule has 0 aromatic carbocycles. The maximum atomic E-state index is 12.2. The maximum absolute atomic E-state index is 12.2. The Kier molecular flexibility index (Phi) is 3.19. The predicted octanol–water partition coefficient (Wildman–Crippen LogP) is 1.76. The van der Waals surface area contributed by atoms with Gasteiger partial charge in [0.1, 0.15) is 5.69 Å². The first-order valence-electron chi connectivity index (χ1n) is 5.86. The van der Waals surface area contributed by atoms with Crippen LogP contribution < -0.4 is 0 Å². The van der Waals surface area contributed by atoms with Crippen molar-refractivity contribution >= 4 is 17.5 Å². The van der Waals surface area contributed by atoms with Gasteiger partial charge in [0.2, 0.25) is 0 Å². The number of carbonyl (C=O) groups excluding carboxylic acids is 1. The summed E-state index contributed by atoms with van der Waals surface area (Å²) < 4.78 is 1.83. The molecule has 1 aliphatic rings. The summed E-state index contributed by atoms with van der Waals surface area (Å²) in [5.41, 5.74) is -0.0982. The lowest BCUT2D eigenvalue weighted by Gasteiger charge is -2.46. The summed E-state index contributed by atoms with van der Waals surface area (Å²) in [6, 6.07) is 1.68. The van der Waals surface area contributed by atoms with Gasteiger partial charge in [-0.1, -0.05) is 18.5 Å². The van der Waals surface area contributed by atoms with Gasteiger partial charge in [0.15, 0.2) is 0 Å². The molecule has 2 heterocycles. The Labute approximate surface area is 106 Å². The molecule has 0 bridgehead atoms. The minimum absolute atomic E-state index is 0.0584. The Morgan fingerprint density at radius 2 is 2.18 bits per heavy atom. The topological polar surface area (TPSA) is 45.5 Å². The van der Waals surface area contributed by atoms with Crippen molar-refractivity contribution < 1.29 is 9.90 Å². The molecule has 1 aromatic rings. The summed E-state index contributed by atoms with van der Waals surface area (Å²) in [6.45, 7) is 5.42. The minimum Gasteiger partial charge on any atom is -0.386 e. The first-order valence-corrected chi connectivity index (χ1v) is 6.24. The van der Waals surface area contributed by atoms with Crippen LogP contribution in [-0.4, -0.2) is 39.2 Å². The van der Waals surface area contributed by atoms with E-state index < -0.39 is 5.60 Å². The van der Waals surface area contributed by atoms with Crippen LogP contribution in [0.3, 0.4) is 0 Å². The standard InChI is InChI=1S/C12H17ClN2O2/c1-3-12(17)7-15(8-12)11(16)10-5-9(13)6-14(10)4-2/h5-6,17H,3-4,7-8H2,1-2H3. The summed E-state index contributed by atoms with van der Waals surface area (Å²) >= 11 is 5.90. The molecule has 1 saturated heterocycles. The monoisotopic (exact) mass is 256 g/mol. The van der Waals surface area contributed by atoms with Crippen molar-refractivity contribution in [3.63, 3.8) is 0 Å². The van der Waals surface area contributed by atoms with Gasteiger partial charge < -0.3 is 14.6 Å². The molecule has 0 spiro atoms. The van der Waals surface area contributed by atoms with Gasteiger partial charge >= 0.3 is 0 Å². The first kappa shape index (κ1) is 12.5. The van der Waals surface area contributed by atoms with Crippen LogP contribution in [0.25, 0.3) is 0 Å². The molecule has 2 rings (SSSR count). The maximum Gasteiger partial charge on any atom is 0.270 e. The van der Waals surface area contributed by atoms with Gasteiger partial charge in [-0.05, 0) is 19.4 Å². The molecule has 1 aliphatic heterocycles. The Balaban J connectivity index is 2.11. The van der Waals surface area contributed by atoms with Crippen LogP contribution in [0.2, 0.25) is 5.02 Å². The third-order valence-electron chi connectivity index (χ3n) is 3.34. The summed E-state index contributed by atoms with van der Waals surface area (Å²) in [7, 11) is 0. The molecule has 0 saturated carbocycles. The zero-order valence-electron chi connectivity index (χ0n) is 10.1. The van der Waals surface area contributed by atoms with E-state index in [0.29, 0.717) is 36.8 Å². The van der Waals surface area contributed by atoms with Crippen molar-refractivity contribution in [2.75, 3.05) is 13.1 Å². The fourth-order valence-corrected chi connectivity index (χ4v) is 2.33. The number of aromatic nitrogens is 1. The highest BCUT2D eigenvalue weighted by Gasteiger charge is 2.42. The second-order valence-corrected chi connectivity index (χ2v) is 5.01. The van der Waals surface area contributed by atoms with Crippen molar-refractivity contribution in [3.8, 4) is 0 Å². The quantitative estimate of drug-likeness (QED) is 0.896. The van der Waals surface area contributed by atoms with E-state index in [4.69, 9.17) is 11.6 Å².